The summed E-state index contributed by atoms with van der Waals surface area (Å²) < 4.78 is 17.1. The van der Waals surface area contributed by atoms with E-state index < -0.39 is 17.8 Å². The molecule has 0 radical (unpaired) electrons. The number of methoxy groups -OCH3 is 1. The number of hydrazone groups is 1. The summed E-state index contributed by atoms with van der Waals surface area (Å²) in [6.07, 6.45) is 1.32. The fourth-order valence-corrected chi connectivity index (χ4v) is 4.73. The Hall–Kier alpha value is -4.41. The smallest absolute Gasteiger partial charge is 0.355 e. The van der Waals surface area contributed by atoms with Crippen molar-refractivity contribution in [3.05, 3.63) is 82.2 Å². The second-order valence-electron chi connectivity index (χ2n) is 7.65. The maximum absolute atomic E-state index is 12.8. The maximum Gasteiger partial charge on any atom is 0.355 e. The molecule has 0 saturated carbocycles. The maximum atomic E-state index is 12.8. The van der Waals surface area contributed by atoms with Crippen LogP contribution in [0.25, 0.3) is 10.1 Å². The third-order valence-electron chi connectivity index (χ3n) is 5.12. The van der Waals surface area contributed by atoms with Crippen LogP contribution >= 0.6 is 22.9 Å². The fraction of sp³-hybridized carbons (Fsp3) is 0.111. The number of nitrogens with one attached hydrogen (secondary N) is 2. The molecule has 0 aliphatic rings. The normalized spacial score (nSPS) is 10.8. The number of thiophene rings is 1. The van der Waals surface area contributed by atoms with Gasteiger partial charge in [-0.3, -0.25) is 9.59 Å². The summed E-state index contributed by atoms with van der Waals surface area (Å²) in [7, 11) is 1.42. The SMILES string of the molecule is CCOc1ccc(NC(=O)C(=O)NN=Cc2ccc(OC(=O)c3sc4ccccc4c3Cl)c(OC)c2)cc1. The van der Waals surface area contributed by atoms with Crippen molar-refractivity contribution in [2.75, 3.05) is 19.0 Å². The summed E-state index contributed by atoms with van der Waals surface area (Å²) in [6.45, 7) is 2.39. The quantitative estimate of drug-likeness (QED) is 0.101. The molecule has 194 valence electrons. The molecule has 0 bridgehead atoms. The van der Waals surface area contributed by atoms with Gasteiger partial charge in [-0.25, -0.2) is 10.2 Å². The Morgan fingerprint density at radius 1 is 1.00 bits per heavy atom. The Kier molecular flexibility index (Phi) is 8.57. The zero-order chi connectivity index (χ0) is 27.1. The molecule has 0 aliphatic carbocycles. The minimum atomic E-state index is -0.951. The van der Waals surface area contributed by atoms with Gasteiger partial charge >= 0.3 is 17.8 Å². The van der Waals surface area contributed by atoms with Gasteiger partial charge in [-0.1, -0.05) is 29.8 Å². The van der Waals surface area contributed by atoms with E-state index in [1.807, 2.05) is 31.2 Å². The number of halogens is 1. The van der Waals surface area contributed by atoms with E-state index in [9.17, 15) is 14.4 Å². The lowest BCUT2D eigenvalue weighted by Gasteiger charge is -2.09. The number of benzene rings is 3. The standard InChI is InChI=1S/C27H22ClN3O6S/c1-3-36-18-11-9-17(10-12-18)30-25(32)26(33)31-29-15-16-8-13-20(21(14-16)35-2)37-27(34)24-23(28)19-6-4-5-7-22(19)38-24/h4-15H,3H2,1-2H3,(H,30,32)(H,31,33). The Morgan fingerprint density at radius 3 is 2.47 bits per heavy atom. The van der Waals surface area contributed by atoms with E-state index in [2.05, 4.69) is 15.8 Å². The lowest BCUT2D eigenvalue weighted by atomic mass is 10.2. The van der Waals surface area contributed by atoms with Gasteiger partial charge < -0.3 is 19.5 Å². The molecule has 3 aromatic carbocycles. The van der Waals surface area contributed by atoms with Crippen LogP contribution in [0.5, 0.6) is 17.2 Å². The average molecular weight is 552 g/mol. The number of hydrogen-bond donors (Lipinski definition) is 2. The number of esters is 1. The van der Waals surface area contributed by atoms with Crippen LogP contribution < -0.4 is 25.0 Å². The molecule has 0 saturated heterocycles. The number of rotatable bonds is 8. The van der Waals surface area contributed by atoms with Crippen molar-refractivity contribution in [2.24, 2.45) is 5.10 Å². The van der Waals surface area contributed by atoms with Crippen LogP contribution in [0, 0.1) is 0 Å². The minimum absolute atomic E-state index is 0.182. The molecular weight excluding hydrogens is 530 g/mol. The first kappa shape index (κ1) is 26.6. The van der Waals surface area contributed by atoms with E-state index in [0.717, 1.165) is 10.1 Å². The molecule has 11 heteroatoms. The highest BCUT2D eigenvalue weighted by molar-refractivity contribution is 7.21. The van der Waals surface area contributed by atoms with Crippen LogP contribution in [-0.2, 0) is 9.59 Å². The van der Waals surface area contributed by atoms with Gasteiger partial charge in [-0.05, 0) is 61.0 Å². The number of carbonyl (C=O) groups is 3. The second kappa shape index (κ2) is 12.2. The molecule has 4 rings (SSSR count). The number of carbonyl (C=O) groups excluding carboxylic acids is 3. The van der Waals surface area contributed by atoms with Crippen LogP contribution in [0.2, 0.25) is 5.02 Å². The number of hydrogen-bond acceptors (Lipinski definition) is 8. The molecule has 9 nitrogen and oxygen atoms in total. The van der Waals surface area contributed by atoms with Crippen molar-refractivity contribution in [2.45, 2.75) is 6.92 Å². The predicted molar refractivity (Wildman–Crippen MR) is 147 cm³/mol. The van der Waals surface area contributed by atoms with Gasteiger partial charge in [0.1, 0.15) is 10.6 Å². The number of nitrogens with zero attached hydrogens (tertiary/aromatic N) is 1. The Balaban J connectivity index is 1.36. The average Bonchev–Trinajstić information content (AvgIpc) is 3.27. The van der Waals surface area contributed by atoms with E-state index in [0.29, 0.717) is 28.6 Å². The van der Waals surface area contributed by atoms with Gasteiger partial charge in [-0.2, -0.15) is 5.10 Å². The third-order valence-corrected chi connectivity index (χ3v) is 6.78. The number of ether oxygens (including phenoxy) is 3. The largest absolute Gasteiger partial charge is 0.494 e. The summed E-state index contributed by atoms with van der Waals surface area (Å²) in [5.41, 5.74) is 3.12. The van der Waals surface area contributed by atoms with Crippen LogP contribution in [0.3, 0.4) is 0 Å². The number of fused-ring (bicyclic) bond motifs is 1. The van der Waals surface area contributed by atoms with Crippen LogP contribution in [0.15, 0.2) is 71.8 Å². The van der Waals surface area contributed by atoms with Crippen molar-refractivity contribution in [1.29, 1.82) is 0 Å². The molecule has 4 aromatic rings. The highest BCUT2D eigenvalue weighted by Crippen LogP contribution is 2.37. The Bertz CT molecular complexity index is 1520. The summed E-state index contributed by atoms with van der Waals surface area (Å²) >= 11 is 7.62. The molecule has 1 heterocycles. The van der Waals surface area contributed by atoms with E-state index in [4.69, 9.17) is 25.8 Å². The van der Waals surface area contributed by atoms with E-state index in [1.165, 1.54) is 30.7 Å². The highest BCUT2D eigenvalue weighted by atomic mass is 35.5. The van der Waals surface area contributed by atoms with Crippen LogP contribution in [0.4, 0.5) is 5.69 Å². The zero-order valence-corrected chi connectivity index (χ0v) is 21.9. The van der Waals surface area contributed by atoms with Crippen molar-refractivity contribution in [1.82, 2.24) is 5.43 Å². The second-order valence-corrected chi connectivity index (χ2v) is 9.08. The summed E-state index contributed by atoms with van der Waals surface area (Å²) in [4.78, 5) is 37.2. The van der Waals surface area contributed by atoms with Crippen molar-refractivity contribution in [3.63, 3.8) is 0 Å². The van der Waals surface area contributed by atoms with Crippen LogP contribution in [0.1, 0.15) is 22.2 Å². The Labute approximate surface area is 227 Å². The van der Waals surface area contributed by atoms with E-state index in [-0.39, 0.29) is 16.4 Å². The minimum Gasteiger partial charge on any atom is -0.494 e. The van der Waals surface area contributed by atoms with Gasteiger partial charge in [0, 0.05) is 15.8 Å². The summed E-state index contributed by atoms with van der Waals surface area (Å²) in [6, 6.07) is 18.7. The summed E-state index contributed by atoms with van der Waals surface area (Å²) in [5, 5.41) is 7.39. The van der Waals surface area contributed by atoms with Crippen molar-refractivity contribution >= 4 is 62.7 Å². The zero-order valence-electron chi connectivity index (χ0n) is 20.3. The first-order valence-electron chi connectivity index (χ1n) is 11.3. The molecule has 2 amide bonds. The summed E-state index contributed by atoms with van der Waals surface area (Å²) in [5.74, 6) is -1.35. The predicted octanol–water partition coefficient (Wildman–Crippen LogP) is 5.27. The monoisotopic (exact) mass is 551 g/mol. The molecule has 0 fully saturated rings. The molecule has 38 heavy (non-hydrogen) atoms. The molecule has 0 spiro atoms. The van der Waals surface area contributed by atoms with Crippen molar-refractivity contribution in [3.8, 4) is 17.2 Å². The Morgan fingerprint density at radius 2 is 1.76 bits per heavy atom. The fourth-order valence-electron chi connectivity index (χ4n) is 3.35. The highest BCUT2D eigenvalue weighted by Gasteiger charge is 2.20. The van der Waals surface area contributed by atoms with Gasteiger partial charge in [0.15, 0.2) is 11.5 Å². The molecule has 0 atom stereocenters. The number of anilines is 1. The lowest BCUT2D eigenvalue weighted by Crippen LogP contribution is -2.32. The van der Waals surface area contributed by atoms with Crippen LogP contribution in [-0.4, -0.2) is 37.7 Å². The topological polar surface area (TPSA) is 115 Å². The molecule has 1 aromatic heterocycles. The van der Waals surface area contributed by atoms with Gasteiger partial charge in [0.25, 0.3) is 0 Å². The van der Waals surface area contributed by atoms with Gasteiger partial charge in [-0.15, -0.1) is 11.3 Å². The molecule has 2 N–H and O–H groups in total. The van der Waals surface area contributed by atoms with Crippen molar-refractivity contribution < 1.29 is 28.6 Å². The number of amides is 2. The molecule has 0 aliphatic heterocycles. The lowest BCUT2D eigenvalue weighted by molar-refractivity contribution is -0.136. The van der Waals surface area contributed by atoms with Gasteiger partial charge in [0.05, 0.1) is 25.0 Å². The molecule has 0 unspecified atom stereocenters. The first-order valence-corrected chi connectivity index (χ1v) is 12.5. The van der Waals surface area contributed by atoms with E-state index >= 15 is 0 Å². The van der Waals surface area contributed by atoms with Gasteiger partial charge in [0.2, 0.25) is 0 Å². The third kappa shape index (κ3) is 6.28. The van der Waals surface area contributed by atoms with E-state index in [1.54, 1.807) is 36.4 Å². The first-order chi connectivity index (χ1) is 18.4. The molecular formula is C27H22ClN3O6S.